The van der Waals surface area contributed by atoms with E-state index in [2.05, 4.69) is 151 Å². The molecule has 0 spiro atoms. The Bertz CT molecular complexity index is 2680. The number of allylic oxidation sites excluding steroid dienone is 1. The number of hydrogen-bond donors (Lipinski definition) is 0. The third-order valence-electron chi connectivity index (χ3n) is 9.94. The van der Waals surface area contributed by atoms with E-state index in [1.807, 2.05) is 23.5 Å². The van der Waals surface area contributed by atoms with Crippen LogP contribution in [-0.4, -0.2) is 14.5 Å². The third kappa shape index (κ3) is 4.48. The fourth-order valence-electron chi connectivity index (χ4n) is 7.67. The maximum atomic E-state index is 5.09. The molecule has 10 rings (SSSR count). The zero-order chi connectivity index (χ0) is 32.5. The molecule has 0 bridgehead atoms. The minimum absolute atomic E-state index is 0.460. The Morgan fingerprint density at radius 3 is 1.92 bits per heavy atom. The van der Waals surface area contributed by atoms with Crippen LogP contribution in [0, 0.1) is 5.92 Å². The molecule has 1 unspecified atom stereocenters. The van der Waals surface area contributed by atoms with Crippen molar-refractivity contribution in [3.05, 3.63) is 157 Å². The highest BCUT2D eigenvalue weighted by atomic mass is 32.1. The predicted octanol–water partition coefficient (Wildman–Crippen LogP) is 12.1. The topological polar surface area (TPSA) is 30.7 Å². The van der Waals surface area contributed by atoms with E-state index in [-0.39, 0.29) is 0 Å². The van der Waals surface area contributed by atoms with E-state index >= 15 is 0 Å². The number of thiophene rings is 1. The van der Waals surface area contributed by atoms with Crippen molar-refractivity contribution >= 4 is 59.3 Å². The van der Waals surface area contributed by atoms with E-state index in [9.17, 15) is 0 Å². The molecule has 9 aromatic rings. The highest BCUT2D eigenvalue weighted by molar-refractivity contribution is 7.27. The number of nitrogens with zero attached hydrogens (tertiary/aromatic N) is 3. The quantitative estimate of drug-likeness (QED) is 0.191. The van der Waals surface area contributed by atoms with E-state index in [4.69, 9.17) is 9.97 Å². The molecule has 0 radical (unpaired) electrons. The van der Waals surface area contributed by atoms with Gasteiger partial charge < -0.3 is 4.57 Å². The molecular formula is C45H31N3S. The molecule has 0 N–H and O–H groups in total. The van der Waals surface area contributed by atoms with E-state index in [1.165, 1.54) is 53.1 Å². The largest absolute Gasteiger partial charge is 0.312 e. The third-order valence-corrected chi connectivity index (χ3v) is 11.1. The molecule has 1 atom stereocenters. The Morgan fingerprint density at radius 1 is 0.612 bits per heavy atom. The zero-order valence-electron chi connectivity index (χ0n) is 27.0. The minimum atomic E-state index is 0.460. The van der Waals surface area contributed by atoms with E-state index in [0.29, 0.717) is 5.92 Å². The Balaban J connectivity index is 1.21. The Kier molecular flexibility index (Phi) is 6.40. The molecule has 0 amide bonds. The number of rotatable bonds is 4. The first-order valence-corrected chi connectivity index (χ1v) is 17.7. The smallest absolute Gasteiger partial charge is 0.160 e. The number of fused-ring (bicyclic) bond motifs is 10. The summed E-state index contributed by atoms with van der Waals surface area (Å²) in [7, 11) is 0. The molecule has 6 aromatic carbocycles. The van der Waals surface area contributed by atoms with E-state index in [1.54, 1.807) is 0 Å². The van der Waals surface area contributed by atoms with Crippen LogP contribution in [-0.2, 0) is 6.42 Å². The van der Waals surface area contributed by atoms with Crippen molar-refractivity contribution in [2.45, 2.75) is 13.3 Å². The van der Waals surface area contributed by atoms with Gasteiger partial charge in [-0.05, 0) is 48.7 Å². The van der Waals surface area contributed by atoms with Gasteiger partial charge in [-0.25, -0.2) is 9.97 Å². The Labute approximate surface area is 288 Å². The lowest BCUT2D eigenvalue weighted by Gasteiger charge is -2.18. The number of benzene rings is 6. The standard InChI is InChI=1S/C45H31N3S/c1-28-20-25-35-39(26-28)48(43-33-16-8-9-17-34(33)44-42(41(35)43)36-18-10-11-19-40(36)49-44)32-23-21-31(22-24-32)45-46-37(29-12-4-2-5-13-29)27-38(47-45)30-14-6-3-7-15-30/h2-25,27-28H,26H2,1H3. The van der Waals surface area contributed by atoms with Gasteiger partial charge in [-0.3, -0.25) is 0 Å². The first kappa shape index (κ1) is 28.2. The molecule has 0 fully saturated rings. The van der Waals surface area contributed by atoms with Crippen molar-refractivity contribution in [1.29, 1.82) is 0 Å². The summed E-state index contributed by atoms with van der Waals surface area (Å²) in [4.78, 5) is 10.2. The lowest BCUT2D eigenvalue weighted by Crippen LogP contribution is -2.08. The van der Waals surface area contributed by atoms with Gasteiger partial charge in [-0.2, -0.15) is 0 Å². The van der Waals surface area contributed by atoms with E-state index in [0.717, 1.165) is 46.0 Å². The molecule has 0 saturated heterocycles. The molecule has 232 valence electrons. The summed E-state index contributed by atoms with van der Waals surface area (Å²) in [5.41, 5.74) is 10.1. The van der Waals surface area contributed by atoms with Crippen molar-refractivity contribution in [2.75, 3.05) is 0 Å². The van der Waals surface area contributed by atoms with Gasteiger partial charge in [-0.1, -0.05) is 122 Å². The van der Waals surface area contributed by atoms with Gasteiger partial charge in [0.1, 0.15) is 0 Å². The summed E-state index contributed by atoms with van der Waals surface area (Å²) in [5, 5.41) is 6.68. The van der Waals surface area contributed by atoms with Crippen molar-refractivity contribution < 1.29 is 0 Å². The molecule has 0 aliphatic heterocycles. The first-order valence-electron chi connectivity index (χ1n) is 16.9. The van der Waals surface area contributed by atoms with Gasteiger partial charge in [0.2, 0.25) is 0 Å². The van der Waals surface area contributed by atoms with E-state index < -0.39 is 0 Å². The zero-order valence-corrected chi connectivity index (χ0v) is 27.8. The summed E-state index contributed by atoms with van der Waals surface area (Å²) in [6.45, 7) is 2.32. The molecule has 1 aliphatic rings. The molecule has 4 heteroatoms. The van der Waals surface area contributed by atoms with Gasteiger partial charge in [0.05, 0.1) is 16.9 Å². The second-order valence-corrected chi connectivity index (χ2v) is 14.1. The Morgan fingerprint density at radius 2 is 1.22 bits per heavy atom. The molecule has 0 saturated carbocycles. The van der Waals surface area contributed by atoms with Crippen LogP contribution in [0.1, 0.15) is 18.2 Å². The maximum absolute atomic E-state index is 5.09. The average molecular weight is 646 g/mol. The molecule has 3 nitrogen and oxygen atoms in total. The van der Waals surface area contributed by atoms with Crippen LogP contribution >= 0.6 is 11.3 Å². The van der Waals surface area contributed by atoms with Gasteiger partial charge in [0.15, 0.2) is 5.82 Å². The van der Waals surface area contributed by atoms with Gasteiger partial charge >= 0.3 is 0 Å². The average Bonchev–Trinajstić information content (AvgIpc) is 3.72. The lowest BCUT2D eigenvalue weighted by atomic mass is 9.92. The summed E-state index contributed by atoms with van der Waals surface area (Å²) in [5.74, 6) is 1.18. The second kappa shape index (κ2) is 11.1. The summed E-state index contributed by atoms with van der Waals surface area (Å²) < 4.78 is 5.25. The molecule has 49 heavy (non-hydrogen) atoms. The van der Waals surface area contributed by atoms with Crippen molar-refractivity contribution in [3.8, 4) is 39.6 Å². The van der Waals surface area contributed by atoms with Crippen molar-refractivity contribution in [1.82, 2.24) is 14.5 Å². The summed E-state index contributed by atoms with van der Waals surface area (Å²) in [6.07, 6.45) is 5.75. The fraction of sp³-hybridized carbons (Fsp3) is 0.0667. The Hall–Kier alpha value is -5.84. The molecule has 1 aliphatic carbocycles. The van der Waals surface area contributed by atoms with Crippen molar-refractivity contribution in [3.63, 3.8) is 0 Å². The first-order chi connectivity index (χ1) is 24.2. The predicted molar refractivity (Wildman–Crippen MR) is 207 cm³/mol. The fourth-order valence-corrected chi connectivity index (χ4v) is 8.92. The van der Waals surface area contributed by atoms with Crippen LogP contribution < -0.4 is 0 Å². The van der Waals surface area contributed by atoms with Crippen LogP contribution in [0.15, 0.2) is 146 Å². The lowest BCUT2D eigenvalue weighted by molar-refractivity contribution is 0.691. The molecular weight excluding hydrogens is 615 g/mol. The number of hydrogen-bond acceptors (Lipinski definition) is 3. The van der Waals surface area contributed by atoms with Crippen LogP contribution in [0.25, 0.3) is 87.5 Å². The van der Waals surface area contributed by atoms with Gasteiger partial charge in [0.25, 0.3) is 0 Å². The summed E-state index contributed by atoms with van der Waals surface area (Å²) >= 11 is 1.91. The molecule has 3 aromatic heterocycles. The summed E-state index contributed by atoms with van der Waals surface area (Å²) in [6, 6.07) is 49.6. The van der Waals surface area contributed by atoms with Gasteiger partial charge in [-0.15, -0.1) is 11.3 Å². The van der Waals surface area contributed by atoms with Gasteiger partial charge in [0, 0.05) is 70.0 Å². The van der Waals surface area contributed by atoms with Crippen LogP contribution in [0.3, 0.4) is 0 Å². The normalized spacial score (nSPS) is 14.3. The second-order valence-electron chi connectivity index (χ2n) is 13.0. The van der Waals surface area contributed by atoms with Crippen molar-refractivity contribution in [2.24, 2.45) is 5.92 Å². The highest BCUT2D eigenvalue weighted by Gasteiger charge is 2.26. The minimum Gasteiger partial charge on any atom is -0.312 e. The monoisotopic (exact) mass is 645 g/mol. The molecule has 3 heterocycles. The highest BCUT2D eigenvalue weighted by Crippen LogP contribution is 2.48. The van der Waals surface area contributed by atoms with Crippen LogP contribution in [0.2, 0.25) is 0 Å². The maximum Gasteiger partial charge on any atom is 0.160 e. The van der Waals surface area contributed by atoms with Crippen LogP contribution in [0.4, 0.5) is 0 Å². The number of aromatic nitrogens is 3. The SMILES string of the molecule is CC1C=Cc2c(n(-c3ccc(-c4nc(-c5ccccc5)cc(-c5ccccc5)n4)cc3)c3c4ccccc4c4sc5ccccc5c4c23)C1. The van der Waals surface area contributed by atoms with Crippen LogP contribution in [0.5, 0.6) is 0 Å².